The van der Waals surface area contributed by atoms with Crippen molar-refractivity contribution in [2.24, 2.45) is 4.99 Å². The molecule has 3 aromatic rings. The van der Waals surface area contributed by atoms with E-state index in [9.17, 15) is 9.59 Å². The zero-order valence-corrected chi connectivity index (χ0v) is 18.1. The molecule has 4 rings (SSSR count). The van der Waals surface area contributed by atoms with E-state index in [1.165, 1.54) is 4.90 Å². The third-order valence-electron chi connectivity index (χ3n) is 5.34. The second kappa shape index (κ2) is 8.93. The molecule has 0 aliphatic carbocycles. The third-order valence-corrected chi connectivity index (χ3v) is 5.34. The van der Waals surface area contributed by atoms with Crippen molar-refractivity contribution in [3.8, 4) is 5.75 Å². The average Bonchev–Trinajstić information content (AvgIpc) is 2.91. The largest absolute Gasteiger partial charge is 0.497 e. The van der Waals surface area contributed by atoms with Crippen molar-refractivity contribution in [2.75, 3.05) is 24.4 Å². The van der Waals surface area contributed by atoms with Crippen molar-refractivity contribution < 1.29 is 14.3 Å². The highest BCUT2D eigenvalue weighted by Gasteiger charge is 2.31. The fraction of sp³-hybridized carbons (Fsp3) is 0.160. The van der Waals surface area contributed by atoms with Crippen LogP contribution in [0.5, 0.6) is 5.75 Å². The lowest BCUT2D eigenvalue weighted by atomic mass is 10.0. The molecule has 0 saturated heterocycles. The van der Waals surface area contributed by atoms with E-state index in [1.54, 1.807) is 26.3 Å². The van der Waals surface area contributed by atoms with E-state index in [1.807, 2.05) is 67.6 Å². The first-order valence-electron chi connectivity index (χ1n) is 10.2. The minimum atomic E-state index is -1.08. The molecule has 0 fully saturated rings. The molecule has 1 unspecified atom stereocenters. The Bertz CT molecular complexity index is 1190. The van der Waals surface area contributed by atoms with Gasteiger partial charge in [-0.15, -0.1) is 0 Å². The molecule has 0 aromatic heterocycles. The molecule has 0 radical (unpaired) electrons. The van der Waals surface area contributed by atoms with Gasteiger partial charge in [0.2, 0.25) is 6.17 Å². The zero-order chi connectivity index (χ0) is 22.7. The summed E-state index contributed by atoms with van der Waals surface area (Å²) in [7, 11) is 3.27. The Labute approximate surface area is 186 Å². The lowest BCUT2D eigenvalue weighted by Crippen LogP contribution is -2.47. The Balaban J connectivity index is 1.66. The number of hydrogen-bond acceptors (Lipinski definition) is 4. The number of benzodiazepines with no additional fused rings is 1. The molecule has 32 heavy (non-hydrogen) atoms. The van der Waals surface area contributed by atoms with Gasteiger partial charge in [0.25, 0.3) is 5.91 Å². The smallest absolute Gasteiger partial charge is 0.321 e. The van der Waals surface area contributed by atoms with E-state index in [0.717, 1.165) is 22.4 Å². The first-order chi connectivity index (χ1) is 15.5. The maximum Gasteiger partial charge on any atom is 0.321 e. The lowest BCUT2D eigenvalue weighted by molar-refractivity contribution is -0.119. The fourth-order valence-electron chi connectivity index (χ4n) is 3.63. The first-order valence-corrected chi connectivity index (χ1v) is 10.2. The minimum Gasteiger partial charge on any atom is -0.497 e. The van der Waals surface area contributed by atoms with Crippen LogP contribution in [-0.2, 0) is 4.79 Å². The molecule has 0 spiro atoms. The molecule has 0 bridgehead atoms. The van der Waals surface area contributed by atoms with E-state index in [0.29, 0.717) is 17.1 Å². The SMILES string of the molecule is COc1ccc(NC(=O)NC2N=C(c3ccccc3)c3ccccc3N(C)C2=O)c(C)c1. The lowest BCUT2D eigenvalue weighted by Gasteiger charge is -2.21. The molecule has 162 valence electrons. The number of carbonyl (C=O) groups is 2. The van der Waals surface area contributed by atoms with Gasteiger partial charge in [-0.1, -0.05) is 48.5 Å². The van der Waals surface area contributed by atoms with Crippen molar-refractivity contribution in [3.05, 3.63) is 89.5 Å². The van der Waals surface area contributed by atoms with E-state index in [4.69, 9.17) is 4.74 Å². The molecular weight excluding hydrogens is 404 g/mol. The highest BCUT2D eigenvalue weighted by atomic mass is 16.5. The molecule has 7 heteroatoms. The molecule has 7 nitrogen and oxygen atoms in total. The van der Waals surface area contributed by atoms with Crippen molar-refractivity contribution in [1.29, 1.82) is 0 Å². The van der Waals surface area contributed by atoms with Gasteiger partial charge < -0.3 is 20.3 Å². The monoisotopic (exact) mass is 428 g/mol. The number of methoxy groups -OCH3 is 1. The summed E-state index contributed by atoms with van der Waals surface area (Å²) >= 11 is 0. The summed E-state index contributed by atoms with van der Waals surface area (Å²) in [6.45, 7) is 1.87. The maximum absolute atomic E-state index is 13.2. The van der Waals surface area contributed by atoms with E-state index in [-0.39, 0.29) is 5.91 Å². The molecule has 0 saturated carbocycles. The number of para-hydroxylation sites is 1. The molecule has 1 aliphatic rings. The Hall–Kier alpha value is -4.13. The number of ether oxygens (including phenoxy) is 1. The number of aliphatic imine (C=N–C) groups is 1. The number of aryl methyl sites for hydroxylation is 1. The van der Waals surface area contributed by atoms with Crippen LogP contribution in [-0.4, -0.2) is 38.0 Å². The average molecular weight is 428 g/mol. The number of nitrogens with one attached hydrogen (secondary N) is 2. The van der Waals surface area contributed by atoms with Crippen LogP contribution in [0.25, 0.3) is 0 Å². The van der Waals surface area contributed by atoms with Gasteiger partial charge in [-0.2, -0.15) is 0 Å². The summed E-state index contributed by atoms with van der Waals surface area (Å²) in [4.78, 5) is 32.2. The molecule has 3 amide bonds. The van der Waals surface area contributed by atoms with Gasteiger partial charge in [0.05, 0.1) is 18.5 Å². The van der Waals surface area contributed by atoms with Crippen LogP contribution in [0.1, 0.15) is 16.7 Å². The van der Waals surface area contributed by atoms with Crippen molar-refractivity contribution in [3.63, 3.8) is 0 Å². The number of urea groups is 1. The van der Waals surface area contributed by atoms with Gasteiger partial charge >= 0.3 is 6.03 Å². The van der Waals surface area contributed by atoms with Crippen LogP contribution in [0.3, 0.4) is 0 Å². The van der Waals surface area contributed by atoms with Crippen molar-refractivity contribution in [1.82, 2.24) is 5.32 Å². The molecule has 1 aliphatic heterocycles. The second-order valence-electron chi connectivity index (χ2n) is 7.44. The number of benzene rings is 3. The molecule has 1 heterocycles. The number of nitrogens with zero attached hydrogens (tertiary/aromatic N) is 2. The molecule has 2 N–H and O–H groups in total. The third kappa shape index (κ3) is 4.18. The van der Waals surface area contributed by atoms with Gasteiger partial charge in [-0.05, 0) is 36.8 Å². The van der Waals surface area contributed by atoms with E-state index >= 15 is 0 Å². The first kappa shape index (κ1) is 21.1. The predicted molar refractivity (Wildman–Crippen MR) is 126 cm³/mol. The number of carbonyl (C=O) groups excluding carboxylic acids is 2. The Morgan fingerprint density at radius 1 is 1.03 bits per heavy atom. The second-order valence-corrected chi connectivity index (χ2v) is 7.44. The summed E-state index contributed by atoms with van der Waals surface area (Å²) in [5.41, 5.74) is 4.52. The number of amides is 3. The van der Waals surface area contributed by atoms with Gasteiger partial charge in [0.15, 0.2) is 0 Å². The summed E-state index contributed by atoms with van der Waals surface area (Å²) in [5, 5.41) is 5.51. The highest BCUT2D eigenvalue weighted by molar-refractivity contribution is 6.20. The Kier molecular flexibility index (Phi) is 5.89. The van der Waals surface area contributed by atoms with Crippen molar-refractivity contribution >= 4 is 29.0 Å². The van der Waals surface area contributed by atoms with E-state index < -0.39 is 12.2 Å². The van der Waals surface area contributed by atoms with Gasteiger partial charge in [-0.3, -0.25) is 4.79 Å². The zero-order valence-electron chi connectivity index (χ0n) is 18.1. The molecule has 1 atom stereocenters. The van der Waals surface area contributed by atoms with Crippen LogP contribution in [0.2, 0.25) is 0 Å². The minimum absolute atomic E-state index is 0.329. The van der Waals surface area contributed by atoms with Gasteiger partial charge in [0.1, 0.15) is 5.75 Å². The number of anilines is 2. The normalized spacial score (nSPS) is 15.3. The Morgan fingerprint density at radius 3 is 2.47 bits per heavy atom. The molecule has 3 aromatic carbocycles. The van der Waals surface area contributed by atoms with Crippen LogP contribution in [0.4, 0.5) is 16.2 Å². The topological polar surface area (TPSA) is 83.0 Å². The quantitative estimate of drug-likeness (QED) is 0.660. The summed E-state index contributed by atoms with van der Waals surface area (Å²) < 4.78 is 5.20. The predicted octanol–water partition coefficient (Wildman–Crippen LogP) is 3.97. The number of hydrogen-bond donors (Lipinski definition) is 2. The number of rotatable bonds is 4. The summed E-state index contributed by atoms with van der Waals surface area (Å²) in [6.07, 6.45) is -1.08. The maximum atomic E-state index is 13.2. The number of likely N-dealkylation sites (N-methyl/N-ethyl adjacent to an activating group) is 1. The van der Waals surface area contributed by atoms with Gasteiger partial charge in [-0.25, -0.2) is 9.79 Å². The van der Waals surface area contributed by atoms with E-state index in [2.05, 4.69) is 15.6 Å². The van der Waals surface area contributed by atoms with Gasteiger partial charge in [0, 0.05) is 23.9 Å². The standard InChI is InChI=1S/C25H24N4O3/c1-16-15-18(32-3)13-14-20(16)26-25(31)28-23-24(30)29(2)21-12-8-7-11-19(21)22(27-23)17-9-5-4-6-10-17/h4-15,23H,1-3H3,(H2,26,28,31). The summed E-state index contributed by atoms with van der Waals surface area (Å²) in [6, 6.07) is 22.0. The van der Waals surface area contributed by atoms with Crippen molar-refractivity contribution in [2.45, 2.75) is 13.1 Å². The van der Waals surface area contributed by atoms with Crippen LogP contribution in [0.15, 0.2) is 77.8 Å². The van der Waals surface area contributed by atoms with Crippen LogP contribution in [0, 0.1) is 6.92 Å². The molecular formula is C25H24N4O3. The van der Waals surface area contributed by atoms with Crippen LogP contribution >= 0.6 is 0 Å². The van der Waals surface area contributed by atoms with Crippen LogP contribution < -0.4 is 20.3 Å². The highest BCUT2D eigenvalue weighted by Crippen LogP contribution is 2.27. The Morgan fingerprint density at radius 2 is 1.75 bits per heavy atom. The fourth-order valence-corrected chi connectivity index (χ4v) is 3.63. The number of fused-ring (bicyclic) bond motifs is 1. The summed E-state index contributed by atoms with van der Waals surface area (Å²) in [5.74, 6) is 0.369.